The lowest BCUT2D eigenvalue weighted by molar-refractivity contribution is -0.133. The molecule has 2 aromatic carbocycles. The minimum atomic E-state index is -0.549. The van der Waals surface area contributed by atoms with Gasteiger partial charge in [0.05, 0.1) is 12.7 Å². The number of carbonyl (C=O) groups excluding carboxylic acids is 2. The predicted molar refractivity (Wildman–Crippen MR) is 103 cm³/mol. The molecular weight excluding hydrogens is 348 g/mol. The van der Waals surface area contributed by atoms with Crippen LogP contribution in [-0.4, -0.2) is 24.0 Å². The number of nitrogens with zero attached hydrogens (tertiary/aromatic N) is 1. The minimum Gasteiger partial charge on any atom is -0.465 e. The Morgan fingerprint density at radius 1 is 1.08 bits per heavy atom. The molecule has 1 amide bonds. The Bertz CT molecular complexity index is 964. The van der Waals surface area contributed by atoms with E-state index in [0.717, 1.165) is 10.6 Å². The van der Waals surface area contributed by atoms with Gasteiger partial charge in [0.1, 0.15) is 10.7 Å². The van der Waals surface area contributed by atoms with Gasteiger partial charge in [-0.1, -0.05) is 55.1 Å². The minimum absolute atomic E-state index is 0.173. The van der Waals surface area contributed by atoms with E-state index >= 15 is 0 Å². The van der Waals surface area contributed by atoms with Crippen molar-refractivity contribution in [2.24, 2.45) is 0 Å². The number of aromatic nitrogens is 1. The van der Waals surface area contributed by atoms with Gasteiger partial charge in [0, 0.05) is 22.2 Å². The molecule has 0 bridgehead atoms. The highest BCUT2D eigenvalue weighted by Gasteiger charge is 2.17. The first-order valence-corrected chi connectivity index (χ1v) is 8.67. The fourth-order valence-electron chi connectivity index (χ4n) is 2.37. The summed E-state index contributed by atoms with van der Waals surface area (Å²) < 4.78 is 4.70. The second-order valence-corrected chi connectivity index (χ2v) is 6.23. The molecule has 1 heterocycles. The van der Waals surface area contributed by atoms with Crippen molar-refractivity contribution >= 4 is 34.5 Å². The second-order valence-electron chi connectivity index (χ2n) is 5.37. The fraction of sp³-hybridized carbons (Fsp3) is 0.0500. The number of para-hydroxylation sites is 1. The van der Waals surface area contributed by atoms with E-state index in [1.54, 1.807) is 29.6 Å². The van der Waals surface area contributed by atoms with Gasteiger partial charge in [-0.05, 0) is 6.07 Å². The Morgan fingerprint density at radius 2 is 1.77 bits per heavy atom. The Hall–Kier alpha value is -3.25. The molecule has 26 heavy (non-hydrogen) atoms. The lowest BCUT2D eigenvalue weighted by Gasteiger charge is -2.11. The molecule has 130 valence electrons. The molecular formula is C20H16N2O3S. The first-order chi connectivity index (χ1) is 12.6. The number of methoxy groups -OCH3 is 1. The van der Waals surface area contributed by atoms with Gasteiger partial charge in [-0.25, -0.2) is 9.78 Å². The van der Waals surface area contributed by atoms with Crippen molar-refractivity contribution in [1.29, 1.82) is 0 Å². The SMILES string of the molecule is C=C(C(=O)OC)c1ccccc1NC(=O)c1csc(-c2ccccc2)n1. The summed E-state index contributed by atoms with van der Waals surface area (Å²) >= 11 is 1.40. The number of benzene rings is 2. The summed E-state index contributed by atoms with van der Waals surface area (Å²) in [5.74, 6) is -0.903. The number of anilines is 1. The Kier molecular flexibility index (Phi) is 5.24. The number of hydrogen-bond acceptors (Lipinski definition) is 5. The highest BCUT2D eigenvalue weighted by Crippen LogP contribution is 2.26. The Balaban J connectivity index is 1.82. The van der Waals surface area contributed by atoms with Gasteiger partial charge in [0.25, 0.3) is 5.91 Å². The summed E-state index contributed by atoms with van der Waals surface area (Å²) in [5.41, 5.74) is 2.42. The largest absolute Gasteiger partial charge is 0.465 e. The maximum atomic E-state index is 12.6. The predicted octanol–water partition coefficient (Wildman–Crippen LogP) is 4.25. The van der Waals surface area contributed by atoms with Gasteiger partial charge < -0.3 is 10.1 Å². The fourth-order valence-corrected chi connectivity index (χ4v) is 3.17. The van der Waals surface area contributed by atoms with Crippen LogP contribution in [-0.2, 0) is 9.53 Å². The van der Waals surface area contributed by atoms with Crippen LogP contribution in [0.4, 0.5) is 5.69 Å². The van der Waals surface area contributed by atoms with Crippen LogP contribution >= 0.6 is 11.3 Å². The van der Waals surface area contributed by atoms with Crippen molar-refractivity contribution < 1.29 is 14.3 Å². The van der Waals surface area contributed by atoms with Gasteiger partial charge in [0.15, 0.2) is 0 Å². The monoisotopic (exact) mass is 364 g/mol. The number of rotatable bonds is 5. The van der Waals surface area contributed by atoms with E-state index in [1.165, 1.54) is 18.4 Å². The lowest BCUT2D eigenvalue weighted by atomic mass is 10.1. The molecule has 0 saturated carbocycles. The second kappa shape index (κ2) is 7.76. The van der Waals surface area contributed by atoms with Crippen molar-refractivity contribution in [3.63, 3.8) is 0 Å². The summed E-state index contributed by atoms with van der Waals surface area (Å²) in [6.45, 7) is 3.74. The number of esters is 1. The topological polar surface area (TPSA) is 68.3 Å². The average molecular weight is 364 g/mol. The maximum Gasteiger partial charge on any atom is 0.337 e. The number of hydrogen-bond donors (Lipinski definition) is 1. The van der Waals surface area contributed by atoms with Crippen LogP contribution in [0.15, 0.2) is 66.6 Å². The molecule has 0 unspecified atom stereocenters. The summed E-state index contributed by atoms with van der Waals surface area (Å²) in [5, 5.41) is 5.26. The summed E-state index contributed by atoms with van der Waals surface area (Å²) in [7, 11) is 1.29. The van der Waals surface area contributed by atoms with Crippen LogP contribution in [0.5, 0.6) is 0 Å². The van der Waals surface area contributed by atoms with Crippen LogP contribution in [0.25, 0.3) is 16.1 Å². The molecule has 0 saturated heterocycles. The molecule has 0 aliphatic rings. The first-order valence-electron chi connectivity index (χ1n) is 7.79. The smallest absolute Gasteiger partial charge is 0.337 e. The summed E-state index contributed by atoms with van der Waals surface area (Å²) in [4.78, 5) is 28.7. The zero-order chi connectivity index (χ0) is 18.5. The molecule has 6 heteroatoms. The van der Waals surface area contributed by atoms with Gasteiger partial charge in [-0.2, -0.15) is 0 Å². The molecule has 0 fully saturated rings. The molecule has 3 aromatic rings. The third-order valence-electron chi connectivity index (χ3n) is 3.69. The quantitative estimate of drug-likeness (QED) is 0.543. The van der Waals surface area contributed by atoms with Gasteiger partial charge in [0.2, 0.25) is 0 Å². The molecule has 0 aliphatic heterocycles. The third-order valence-corrected chi connectivity index (χ3v) is 4.58. The van der Waals surface area contributed by atoms with E-state index in [4.69, 9.17) is 4.74 Å². The van der Waals surface area contributed by atoms with Crippen LogP contribution in [0.3, 0.4) is 0 Å². The molecule has 1 aromatic heterocycles. The zero-order valence-electron chi connectivity index (χ0n) is 14.1. The molecule has 1 N–H and O–H groups in total. The van der Waals surface area contributed by atoms with E-state index in [1.807, 2.05) is 30.3 Å². The lowest BCUT2D eigenvalue weighted by Crippen LogP contribution is -2.14. The van der Waals surface area contributed by atoms with Crippen LogP contribution in [0.1, 0.15) is 16.1 Å². The number of ether oxygens (including phenoxy) is 1. The first kappa shape index (κ1) is 17.6. The van der Waals surface area contributed by atoms with Crippen molar-refractivity contribution in [3.8, 4) is 10.6 Å². The molecule has 5 nitrogen and oxygen atoms in total. The Morgan fingerprint density at radius 3 is 2.50 bits per heavy atom. The van der Waals surface area contributed by atoms with Crippen LogP contribution in [0.2, 0.25) is 0 Å². The van der Waals surface area contributed by atoms with Crippen molar-refractivity contribution in [1.82, 2.24) is 4.98 Å². The standard InChI is InChI=1S/C20H16N2O3S/c1-13(20(24)25-2)15-10-6-7-11-16(15)21-18(23)17-12-26-19(22-17)14-8-4-3-5-9-14/h3-12H,1H2,2H3,(H,21,23). The van der Waals surface area contributed by atoms with Gasteiger partial charge in [-0.15, -0.1) is 11.3 Å². The number of carbonyl (C=O) groups is 2. The van der Waals surface area contributed by atoms with E-state index in [-0.39, 0.29) is 11.5 Å². The van der Waals surface area contributed by atoms with E-state index in [2.05, 4.69) is 16.9 Å². The molecule has 0 spiro atoms. The van der Waals surface area contributed by atoms with Crippen LogP contribution in [0, 0.1) is 0 Å². The van der Waals surface area contributed by atoms with Gasteiger partial charge >= 0.3 is 5.97 Å². The summed E-state index contributed by atoms with van der Waals surface area (Å²) in [6.07, 6.45) is 0. The van der Waals surface area contributed by atoms with Crippen molar-refractivity contribution in [2.45, 2.75) is 0 Å². The number of amides is 1. The highest BCUT2D eigenvalue weighted by molar-refractivity contribution is 7.13. The van der Waals surface area contributed by atoms with E-state index in [0.29, 0.717) is 16.9 Å². The molecule has 0 aliphatic carbocycles. The van der Waals surface area contributed by atoms with Crippen molar-refractivity contribution in [3.05, 3.63) is 77.8 Å². The highest BCUT2D eigenvalue weighted by atomic mass is 32.1. The van der Waals surface area contributed by atoms with E-state index < -0.39 is 5.97 Å². The number of nitrogens with one attached hydrogen (secondary N) is 1. The van der Waals surface area contributed by atoms with Crippen molar-refractivity contribution in [2.75, 3.05) is 12.4 Å². The average Bonchev–Trinajstić information content (AvgIpc) is 3.18. The molecule has 0 radical (unpaired) electrons. The summed E-state index contributed by atoms with van der Waals surface area (Å²) in [6, 6.07) is 16.6. The van der Waals surface area contributed by atoms with Gasteiger partial charge in [-0.3, -0.25) is 4.79 Å². The normalized spacial score (nSPS) is 10.2. The zero-order valence-corrected chi connectivity index (χ0v) is 14.9. The molecule has 3 rings (SSSR count). The van der Waals surface area contributed by atoms with E-state index in [9.17, 15) is 9.59 Å². The third kappa shape index (κ3) is 3.70. The Labute approximate surface area is 155 Å². The molecule has 0 atom stereocenters. The maximum absolute atomic E-state index is 12.6. The van der Waals surface area contributed by atoms with Crippen LogP contribution < -0.4 is 5.32 Å². The number of thiazole rings is 1.